The van der Waals surface area contributed by atoms with Gasteiger partial charge in [0, 0.05) is 11.9 Å². The molecule has 0 aliphatic carbocycles. The molecule has 1 aromatic rings. The molecule has 0 spiro atoms. The molecule has 0 fully saturated rings. The average molecular weight is 290 g/mol. The number of phenolic OH excluding ortho intramolecular Hbond substituents is 1. The van der Waals surface area contributed by atoms with Gasteiger partial charge in [-0.3, -0.25) is 4.79 Å². The lowest BCUT2D eigenvalue weighted by molar-refractivity contribution is 0.0942. The van der Waals surface area contributed by atoms with Gasteiger partial charge >= 0.3 is 0 Å². The number of alkyl halides is 1. The van der Waals surface area contributed by atoms with E-state index in [-0.39, 0.29) is 17.2 Å². The molecule has 0 heterocycles. The van der Waals surface area contributed by atoms with E-state index in [2.05, 4.69) is 21.2 Å². The molecule has 1 atom stereocenters. The van der Waals surface area contributed by atoms with Crippen LogP contribution in [0.5, 0.6) is 5.75 Å². The third-order valence-corrected chi connectivity index (χ3v) is 3.20. The van der Waals surface area contributed by atoms with Crippen LogP contribution in [-0.4, -0.2) is 22.9 Å². The summed E-state index contributed by atoms with van der Waals surface area (Å²) in [5, 5.41) is 12.7. The first-order chi connectivity index (χ1) is 7.56. The van der Waals surface area contributed by atoms with Crippen molar-refractivity contribution >= 4 is 21.8 Å². The summed E-state index contributed by atoms with van der Waals surface area (Å²) in [6.07, 6.45) is 0. The fraction of sp³-hybridized carbons (Fsp3) is 0.364. The van der Waals surface area contributed by atoms with Crippen LogP contribution in [0.1, 0.15) is 17.3 Å². The standard InChI is InChI=1S/C11H13BrFNO2/c1-7(5-12)6-14-11(16)10-8(13)3-2-4-9(10)15/h2-4,7,15H,5-6H2,1H3,(H,14,16). The van der Waals surface area contributed by atoms with Gasteiger partial charge in [-0.1, -0.05) is 28.9 Å². The molecule has 0 aromatic heterocycles. The van der Waals surface area contributed by atoms with Crippen molar-refractivity contribution in [3.8, 4) is 5.75 Å². The number of halogens is 2. The monoisotopic (exact) mass is 289 g/mol. The van der Waals surface area contributed by atoms with E-state index in [1.807, 2.05) is 6.92 Å². The maximum atomic E-state index is 13.3. The lowest BCUT2D eigenvalue weighted by atomic mass is 10.1. The highest BCUT2D eigenvalue weighted by Crippen LogP contribution is 2.19. The molecule has 5 heteroatoms. The van der Waals surface area contributed by atoms with Gasteiger partial charge in [-0.15, -0.1) is 0 Å². The predicted molar refractivity (Wildman–Crippen MR) is 63.4 cm³/mol. The number of rotatable bonds is 4. The maximum absolute atomic E-state index is 13.3. The molecule has 16 heavy (non-hydrogen) atoms. The molecule has 0 bridgehead atoms. The Morgan fingerprint density at radius 1 is 1.62 bits per heavy atom. The molecule has 1 aromatic carbocycles. The normalized spacial score (nSPS) is 12.2. The third kappa shape index (κ3) is 3.20. The first kappa shape index (κ1) is 13.0. The second-order valence-electron chi connectivity index (χ2n) is 3.60. The largest absolute Gasteiger partial charge is 0.507 e. The Hall–Kier alpha value is -1.10. The fourth-order valence-electron chi connectivity index (χ4n) is 1.15. The number of hydrogen-bond donors (Lipinski definition) is 2. The molecule has 0 saturated heterocycles. The Labute approximate surface area is 102 Å². The molecular formula is C11H13BrFNO2. The van der Waals surface area contributed by atoms with E-state index in [9.17, 15) is 14.3 Å². The average Bonchev–Trinajstić information content (AvgIpc) is 2.25. The van der Waals surface area contributed by atoms with Crippen LogP contribution >= 0.6 is 15.9 Å². The fourth-order valence-corrected chi connectivity index (χ4v) is 1.38. The Kier molecular flexibility index (Phi) is 4.73. The van der Waals surface area contributed by atoms with Crippen LogP contribution in [0.25, 0.3) is 0 Å². The van der Waals surface area contributed by atoms with Gasteiger partial charge in [-0.25, -0.2) is 4.39 Å². The minimum absolute atomic E-state index is 0.248. The quantitative estimate of drug-likeness (QED) is 0.836. The number of carbonyl (C=O) groups is 1. The first-order valence-electron chi connectivity index (χ1n) is 4.88. The highest BCUT2D eigenvalue weighted by atomic mass is 79.9. The number of benzene rings is 1. The highest BCUT2D eigenvalue weighted by Gasteiger charge is 2.16. The van der Waals surface area contributed by atoms with E-state index in [4.69, 9.17) is 0 Å². The van der Waals surface area contributed by atoms with Crippen LogP contribution in [0.15, 0.2) is 18.2 Å². The second kappa shape index (κ2) is 5.84. The third-order valence-electron chi connectivity index (χ3n) is 2.09. The van der Waals surface area contributed by atoms with Crippen LogP contribution in [0.3, 0.4) is 0 Å². The van der Waals surface area contributed by atoms with Crippen LogP contribution in [0, 0.1) is 11.7 Å². The summed E-state index contributed by atoms with van der Waals surface area (Å²) in [7, 11) is 0. The summed E-state index contributed by atoms with van der Waals surface area (Å²) in [5.74, 6) is -1.41. The Bertz CT molecular complexity index is 364. The maximum Gasteiger partial charge on any atom is 0.258 e. The highest BCUT2D eigenvalue weighted by molar-refractivity contribution is 9.09. The zero-order valence-corrected chi connectivity index (χ0v) is 10.4. The van der Waals surface area contributed by atoms with Gasteiger partial charge in [-0.2, -0.15) is 0 Å². The van der Waals surface area contributed by atoms with E-state index in [1.54, 1.807) is 0 Å². The van der Waals surface area contributed by atoms with Crippen molar-refractivity contribution in [1.29, 1.82) is 0 Å². The van der Waals surface area contributed by atoms with Crippen molar-refractivity contribution in [1.82, 2.24) is 5.32 Å². The molecule has 0 aliphatic heterocycles. The molecule has 1 unspecified atom stereocenters. The molecule has 2 N–H and O–H groups in total. The summed E-state index contributed by atoms with van der Waals surface area (Å²) in [4.78, 5) is 11.6. The van der Waals surface area contributed by atoms with E-state index in [0.717, 1.165) is 11.4 Å². The number of amides is 1. The zero-order valence-electron chi connectivity index (χ0n) is 8.84. The van der Waals surface area contributed by atoms with Crippen molar-refractivity contribution in [3.05, 3.63) is 29.6 Å². The molecule has 3 nitrogen and oxygen atoms in total. The smallest absolute Gasteiger partial charge is 0.258 e. The summed E-state index contributed by atoms with van der Waals surface area (Å²) in [6.45, 7) is 2.37. The van der Waals surface area contributed by atoms with Crippen LogP contribution in [0.4, 0.5) is 4.39 Å². The minimum atomic E-state index is -0.719. The van der Waals surface area contributed by atoms with Crippen molar-refractivity contribution in [2.24, 2.45) is 5.92 Å². The van der Waals surface area contributed by atoms with Crippen LogP contribution in [0.2, 0.25) is 0 Å². The summed E-state index contributed by atoms with van der Waals surface area (Å²) in [6, 6.07) is 3.77. The SMILES string of the molecule is CC(CBr)CNC(=O)c1c(O)cccc1F. The topological polar surface area (TPSA) is 49.3 Å². The Balaban J connectivity index is 2.73. The van der Waals surface area contributed by atoms with Gasteiger partial charge in [0.25, 0.3) is 5.91 Å². The minimum Gasteiger partial charge on any atom is -0.507 e. The van der Waals surface area contributed by atoms with E-state index in [1.165, 1.54) is 12.1 Å². The number of aromatic hydroxyl groups is 1. The number of phenols is 1. The van der Waals surface area contributed by atoms with E-state index >= 15 is 0 Å². The summed E-state index contributed by atoms with van der Waals surface area (Å²) in [5.41, 5.74) is -0.302. The summed E-state index contributed by atoms with van der Waals surface area (Å²) >= 11 is 3.28. The zero-order chi connectivity index (χ0) is 12.1. The lowest BCUT2D eigenvalue weighted by Crippen LogP contribution is -2.29. The predicted octanol–water partition coefficient (Wildman–Crippen LogP) is 2.29. The van der Waals surface area contributed by atoms with Gasteiger partial charge in [-0.05, 0) is 18.1 Å². The van der Waals surface area contributed by atoms with Crippen molar-refractivity contribution in [2.75, 3.05) is 11.9 Å². The molecule has 0 radical (unpaired) electrons. The van der Waals surface area contributed by atoms with E-state index < -0.39 is 11.7 Å². The lowest BCUT2D eigenvalue weighted by Gasteiger charge is -2.10. The Morgan fingerprint density at radius 2 is 2.31 bits per heavy atom. The molecule has 88 valence electrons. The van der Waals surface area contributed by atoms with E-state index in [0.29, 0.717) is 6.54 Å². The molecule has 1 rings (SSSR count). The van der Waals surface area contributed by atoms with Gasteiger partial charge in [0.05, 0.1) is 0 Å². The Morgan fingerprint density at radius 3 is 2.88 bits per heavy atom. The number of nitrogens with one attached hydrogen (secondary N) is 1. The molecule has 0 aliphatic rings. The molecular weight excluding hydrogens is 277 g/mol. The number of carbonyl (C=O) groups excluding carboxylic acids is 1. The van der Waals surface area contributed by atoms with Gasteiger partial charge < -0.3 is 10.4 Å². The van der Waals surface area contributed by atoms with Gasteiger partial charge in [0.1, 0.15) is 17.1 Å². The van der Waals surface area contributed by atoms with Gasteiger partial charge in [0.2, 0.25) is 0 Å². The van der Waals surface area contributed by atoms with Gasteiger partial charge in [0.15, 0.2) is 0 Å². The van der Waals surface area contributed by atoms with Crippen LogP contribution < -0.4 is 5.32 Å². The van der Waals surface area contributed by atoms with Crippen molar-refractivity contribution < 1.29 is 14.3 Å². The van der Waals surface area contributed by atoms with Crippen molar-refractivity contribution in [3.63, 3.8) is 0 Å². The first-order valence-corrected chi connectivity index (χ1v) is 6.00. The van der Waals surface area contributed by atoms with Crippen LogP contribution in [-0.2, 0) is 0 Å². The molecule has 1 amide bonds. The second-order valence-corrected chi connectivity index (χ2v) is 4.25. The number of hydrogen-bond acceptors (Lipinski definition) is 2. The van der Waals surface area contributed by atoms with Crippen molar-refractivity contribution in [2.45, 2.75) is 6.92 Å². The summed E-state index contributed by atoms with van der Waals surface area (Å²) < 4.78 is 13.3. The molecule has 0 saturated carbocycles.